The predicted molar refractivity (Wildman–Crippen MR) is 75.3 cm³/mol. The molecule has 1 heterocycles. The quantitative estimate of drug-likeness (QED) is 0.642. The van der Waals surface area contributed by atoms with E-state index in [1.54, 1.807) is 12.3 Å². The number of rotatable bonds is 4. The molecule has 0 bridgehead atoms. The van der Waals surface area contributed by atoms with Crippen LogP contribution in [0.4, 0.5) is 11.5 Å². The summed E-state index contributed by atoms with van der Waals surface area (Å²) in [6, 6.07) is 13.4. The van der Waals surface area contributed by atoms with E-state index < -0.39 is 0 Å². The highest BCUT2D eigenvalue weighted by molar-refractivity contribution is 5.51. The van der Waals surface area contributed by atoms with Gasteiger partial charge in [0.05, 0.1) is 11.6 Å². The van der Waals surface area contributed by atoms with Gasteiger partial charge in [-0.1, -0.05) is 12.1 Å². The number of nitrogen functional groups attached to an aromatic ring is 1. The van der Waals surface area contributed by atoms with Gasteiger partial charge in [-0.15, -0.1) is 0 Å². The Morgan fingerprint density at radius 3 is 2.84 bits per heavy atom. The van der Waals surface area contributed by atoms with Gasteiger partial charge in [-0.2, -0.15) is 5.26 Å². The number of hydrogen-bond donors (Lipinski definition) is 2. The molecule has 19 heavy (non-hydrogen) atoms. The average molecular weight is 253 g/mol. The highest BCUT2D eigenvalue weighted by atomic mass is 15.2. The van der Waals surface area contributed by atoms with E-state index in [-0.39, 0.29) is 0 Å². The van der Waals surface area contributed by atoms with Gasteiger partial charge in [0.2, 0.25) is 0 Å². The van der Waals surface area contributed by atoms with Crippen LogP contribution < -0.4 is 16.2 Å². The largest absolute Gasteiger partial charge is 0.370 e. The second kappa shape index (κ2) is 5.85. The van der Waals surface area contributed by atoms with Crippen LogP contribution in [0.25, 0.3) is 0 Å². The molecular formula is C14H15N5. The topological polar surface area (TPSA) is 78.0 Å². The van der Waals surface area contributed by atoms with Crippen molar-refractivity contribution in [3.05, 3.63) is 53.7 Å². The zero-order valence-corrected chi connectivity index (χ0v) is 10.7. The van der Waals surface area contributed by atoms with E-state index in [4.69, 9.17) is 11.1 Å². The van der Waals surface area contributed by atoms with E-state index in [2.05, 4.69) is 21.4 Å². The first kappa shape index (κ1) is 12.9. The molecule has 0 aliphatic heterocycles. The van der Waals surface area contributed by atoms with Crippen LogP contribution in [0.15, 0.2) is 42.6 Å². The van der Waals surface area contributed by atoms with Gasteiger partial charge in [0.25, 0.3) is 0 Å². The minimum absolute atomic E-state index is 0.637. The van der Waals surface area contributed by atoms with Crippen LogP contribution in [-0.4, -0.2) is 12.0 Å². The average Bonchev–Trinajstić information content (AvgIpc) is 2.48. The highest BCUT2D eigenvalue weighted by Crippen LogP contribution is 2.17. The Kier molecular flexibility index (Phi) is 3.96. The van der Waals surface area contributed by atoms with Crippen molar-refractivity contribution < 1.29 is 0 Å². The third-order valence-electron chi connectivity index (χ3n) is 2.81. The molecule has 96 valence electrons. The van der Waals surface area contributed by atoms with Crippen molar-refractivity contribution in [2.24, 2.45) is 5.84 Å². The number of nitrogens with zero attached hydrogens (tertiary/aromatic N) is 3. The number of aromatic nitrogens is 1. The highest BCUT2D eigenvalue weighted by Gasteiger charge is 2.03. The van der Waals surface area contributed by atoms with Crippen molar-refractivity contribution in [3.63, 3.8) is 0 Å². The van der Waals surface area contributed by atoms with Gasteiger partial charge in [-0.3, -0.25) is 0 Å². The number of nitrogens with one attached hydrogen (secondary N) is 1. The van der Waals surface area contributed by atoms with Gasteiger partial charge in [0, 0.05) is 25.5 Å². The molecule has 0 saturated heterocycles. The van der Waals surface area contributed by atoms with Crippen molar-refractivity contribution in [1.82, 2.24) is 4.98 Å². The van der Waals surface area contributed by atoms with Crippen molar-refractivity contribution >= 4 is 11.5 Å². The fourth-order valence-electron chi connectivity index (χ4n) is 1.78. The van der Waals surface area contributed by atoms with E-state index in [0.29, 0.717) is 17.9 Å². The molecular weight excluding hydrogens is 238 g/mol. The lowest BCUT2D eigenvalue weighted by molar-refractivity contribution is 0.915. The molecule has 0 amide bonds. The molecule has 0 spiro atoms. The van der Waals surface area contributed by atoms with E-state index >= 15 is 0 Å². The van der Waals surface area contributed by atoms with Crippen molar-refractivity contribution in [2.75, 3.05) is 17.4 Å². The summed E-state index contributed by atoms with van der Waals surface area (Å²) in [5.41, 5.74) is 5.22. The number of benzene rings is 1. The normalized spacial score (nSPS) is 9.74. The van der Waals surface area contributed by atoms with Gasteiger partial charge in [-0.25, -0.2) is 10.8 Å². The lowest BCUT2D eigenvalue weighted by atomic mass is 10.2. The third-order valence-corrected chi connectivity index (χ3v) is 2.81. The molecule has 1 aromatic heterocycles. The zero-order chi connectivity index (χ0) is 13.7. The summed E-state index contributed by atoms with van der Waals surface area (Å²) >= 11 is 0. The number of hydrazine groups is 1. The van der Waals surface area contributed by atoms with Crippen LogP contribution in [-0.2, 0) is 6.54 Å². The standard InChI is InChI=1S/C14H15N5/c1-19(13-4-2-3-11(7-13)8-15)10-12-5-6-14(18-16)17-9-12/h2-7,9H,10,16H2,1H3,(H,17,18). The van der Waals surface area contributed by atoms with Crippen LogP contribution in [0.1, 0.15) is 11.1 Å². The van der Waals surface area contributed by atoms with Crippen LogP contribution in [0.2, 0.25) is 0 Å². The Balaban J connectivity index is 2.11. The lowest BCUT2D eigenvalue weighted by Crippen LogP contribution is -2.16. The van der Waals surface area contributed by atoms with Crippen molar-refractivity contribution in [1.29, 1.82) is 5.26 Å². The minimum atomic E-state index is 0.637. The van der Waals surface area contributed by atoms with Gasteiger partial charge >= 0.3 is 0 Å². The summed E-state index contributed by atoms with van der Waals surface area (Å²) in [5, 5.41) is 8.89. The van der Waals surface area contributed by atoms with E-state index in [9.17, 15) is 0 Å². The second-order valence-corrected chi connectivity index (χ2v) is 4.21. The molecule has 0 fully saturated rings. The first-order valence-corrected chi connectivity index (χ1v) is 5.86. The van der Waals surface area contributed by atoms with Gasteiger partial charge in [-0.05, 0) is 29.8 Å². The maximum atomic E-state index is 8.89. The first-order valence-electron chi connectivity index (χ1n) is 5.86. The molecule has 2 rings (SSSR count). The molecule has 0 saturated carbocycles. The summed E-state index contributed by atoms with van der Waals surface area (Å²) in [6.45, 7) is 0.715. The molecule has 0 unspecified atom stereocenters. The smallest absolute Gasteiger partial charge is 0.139 e. The van der Waals surface area contributed by atoms with Crippen molar-refractivity contribution in [2.45, 2.75) is 6.54 Å². The number of nitrogens with two attached hydrogens (primary N) is 1. The number of anilines is 2. The second-order valence-electron chi connectivity index (χ2n) is 4.21. The fourth-order valence-corrected chi connectivity index (χ4v) is 1.78. The number of nitriles is 1. The van der Waals surface area contributed by atoms with Crippen LogP contribution in [0, 0.1) is 11.3 Å². The Hall–Kier alpha value is -2.58. The Labute approximate surface area is 112 Å². The van der Waals surface area contributed by atoms with Crippen molar-refractivity contribution in [3.8, 4) is 6.07 Å². The Morgan fingerprint density at radius 2 is 2.21 bits per heavy atom. The van der Waals surface area contributed by atoms with Crippen LogP contribution >= 0.6 is 0 Å². The predicted octanol–water partition coefficient (Wildman–Crippen LogP) is 1.88. The molecule has 3 N–H and O–H groups in total. The SMILES string of the molecule is CN(Cc1ccc(NN)nc1)c1cccc(C#N)c1. The summed E-state index contributed by atoms with van der Waals surface area (Å²) in [5.74, 6) is 5.91. The van der Waals surface area contributed by atoms with Gasteiger partial charge < -0.3 is 10.3 Å². The Morgan fingerprint density at radius 1 is 1.37 bits per heavy atom. The molecule has 0 aliphatic carbocycles. The summed E-state index contributed by atoms with van der Waals surface area (Å²) in [6.07, 6.45) is 1.78. The van der Waals surface area contributed by atoms with Gasteiger partial charge in [0.15, 0.2) is 0 Å². The fraction of sp³-hybridized carbons (Fsp3) is 0.143. The zero-order valence-electron chi connectivity index (χ0n) is 10.7. The van der Waals surface area contributed by atoms with Crippen LogP contribution in [0.5, 0.6) is 0 Å². The third kappa shape index (κ3) is 3.21. The van der Waals surface area contributed by atoms with Crippen LogP contribution in [0.3, 0.4) is 0 Å². The number of pyridine rings is 1. The molecule has 2 aromatic rings. The maximum Gasteiger partial charge on any atom is 0.139 e. The van der Waals surface area contributed by atoms with E-state index in [1.165, 1.54) is 0 Å². The molecule has 5 heteroatoms. The molecule has 1 aromatic carbocycles. The van der Waals surface area contributed by atoms with Gasteiger partial charge in [0.1, 0.15) is 5.82 Å². The number of hydrogen-bond acceptors (Lipinski definition) is 5. The van der Waals surface area contributed by atoms with E-state index in [0.717, 1.165) is 11.3 Å². The summed E-state index contributed by atoms with van der Waals surface area (Å²) in [4.78, 5) is 6.23. The molecule has 0 aliphatic rings. The maximum absolute atomic E-state index is 8.89. The summed E-state index contributed by atoms with van der Waals surface area (Å²) in [7, 11) is 1.98. The first-order chi connectivity index (χ1) is 9.22. The Bertz CT molecular complexity index is 586. The monoisotopic (exact) mass is 253 g/mol. The molecule has 5 nitrogen and oxygen atoms in total. The molecule has 0 atom stereocenters. The lowest BCUT2D eigenvalue weighted by Gasteiger charge is -2.19. The molecule has 0 radical (unpaired) electrons. The minimum Gasteiger partial charge on any atom is -0.370 e. The summed E-state index contributed by atoms with van der Waals surface area (Å²) < 4.78 is 0. The van der Waals surface area contributed by atoms with E-state index in [1.807, 2.05) is 37.4 Å².